The molecule has 0 saturated heterocycles. The summed E-state index contributed by atoms with van der Waals surface area (Å²) >= 11 is 2.29. The molecule has 0 atom stereocenters. The van der Waals surface area contributed by atoms with Crippen LogP contribution in [0.25, 0.3) is 27.6 Å². The SMILES string of the molecule is CC(C)c1c(/C=C/I)ccc2cc3ccccc3cc12. The summed E-state index contributed by atoms with van der Waals surface area (Å²) in [6, 6.07) is 17.7. The highest BCUT2D eigenvalue weighted by Crippen LogP contribution is 2.32. The summed E-state index contributed by atoms with van der Waals surface area (Å²) in [7, 11) is 0. The van der Waals surface area contributed by atoms with Gasteiger partial charge in [0, 0.05) is 0 Å². The molecular formula is C19H17I. The zero-order chi connectivity index (χ0) is 14.1. The molecule has 0 aliphatic carbocycles. The Morgan fingerprint density at radius 2 is 1.60 bits per heavy atom. The van der Waals surface area contributed by atoms with Crippen LogP contribution in [0.5, 0.6) is 0 Å². The molecule has 0 aliphatic rings. The molecule has 100 valence electrons. The van der Waals surface area contributed by atoms with Gasteiger partial charge >= 0.3 is 0 Å². The van der Waals surface area contributed by atoms with Crippen LogP contribution in [0.15, 0.2) is 52.6 Å². The molecule has 3 rings (SSSR count). The Labute approximate surface area is 133 Å². The molecular weight excluding hydrogens is 355 g/mol. The lowest BCUT2D eigenvalue weighted by Gasteiger charge is -2.15. The van der Waals surface area contributed by atoms with Crippen molar-refractivity contribution in [3.05, 3.63) is 63.7 Å². The Morgan fingerprint density at radius 3 is 2.25 bits per heavy atom. The summed E-state index contributed by atoms with van der Waals surface area (Å²) in [5.74, 6) is 0.516. The molecule has 0 spiro atoms. The van der Waals surface area contributed by atoms with Gasteiger partial charge in [-0.2, -0.15) is 0 Å². The molecule has 0 unspecified atom stereocenters. The van der Waals surface area contributed by atoms with E-state index >= 15 is 0 Å². The molecule has 1 heteroatoms. The second kappa shape index (κ2) is 5.57. The molecule has 0 fully saturated rings. The normalized spacial score (nSPS) is 12.0. The van der Waals surface area contributed by atoms with Crippen LogP contribution in [-0.2, 0) is 0 Å². The molecule has 3 aromatic carbocycles. The lowest BCUT2D eigenvalue weighted by atomic mass is 9.90. The molecule has 0 heterocycles. The first-order valence-corrected chi connectivity index (χ1v) is 8.17. The first-order valence-electron chi connectivity index (χ1n) is 6.93. The minimum atomic E-state index is 0.516. The predicted molar refractivity (Wildman–Crippen MR) is 98.6 cm³/mol. The van der Waals surface area contributed by atoms with E-state index in [-0.39, 0.29) is 0 Å². The van der Waals surface area contributed by atoms with Gasteiger partial charge in [-0.25, -0.2) is 0 Å². The second-order valence-corrected chi connectivity index (χ2v) is 6.16. The second-order valence-electron chi connectivity index (χ2n) is 5.44. The van der Waals surface area contributed by atoms with Gasteiger partial charge in [-0.3, -0.25) is 0 Å². The Morgan fingerprint density at radius 1 is 0.900 bits per heavy atom. The summed E-state index contributed by atoms with van der Waals surface area (Å²) in [4.78, 5) is 0. The van der Waals surface area contributed by atoms with Gasteiger partial charge in [-0.1, -0.05) is 72.8 Å². The maximum Gasteiger partial charge on any atom is -0.0137 e. The molecule has 0 aromatic heterocycles. The standard InChI is InChI=1S/C19H17I/c1-13(2)19-14(9-10-20)7-8-17-11-15-5-3-4-6-16(15)12-18(17)19/h3-13H,1-2H3/b10-9+. The lowest BCUT2D eigenvalue weighted by molar-refractivity contribution is 0.874. The molecule has 0 aliphatic heterocycles. The highest BCUT2D eigenvalue weighted by Gasteiger charge is 2.10. The van der Waals surface area contributed by atoms with Crippen molar-refractivity contribution in [1.82, 2.24) is 0 Å². The Bertz CT molecular complexity index is 797. The first-order chi connectivity index (χ1) is 9.70. The van der Waals surface area contributed by atoms with Crippen molar-refractivity contribution >= 4 is 50.2 Å². The Hall–Kier alpha value is -1.35. The van der Waals surface area contributed by atoms with Gasteiger partial charge in [0.1, 0.15) is 0 Å². The maximum absolute atomic E-state index is 2.34. The van der Waals surface area contributed by atoms with E-state index < -0.39 is 0 Å². The molecule has 0 saturated carbocycles. The van der Waals surface area contributed by atoms with E-state index in [1.54, 1.807) is 0 Å². The molecule has 0 nitrogen and oxygen atoms in total. The fourth-order valence-corrected chi connectivity index (χ4v) is 3.30. The van der Waals surface area contributed by atoms with Crippen molar-refractivity contribution in [1.29, 1.82) is 0 Å². The number of hydrogen-bond acceptors (Lipinski definition) is 0. The van der Waals surface area contributed by atoms with Gasteiger partial charge in [0.15, 0.2) is 0 Å². The van der Waals surface area contributed by atoms with Crippen molar-refractivity contribution < 1.29 is 0 Å². The predicted octanol–water partition coefficient (Wildman–Crippen LogP) is 6.52. The monoisotopic (exact) mass is 372 g/mol. The van der Waals surface area contributed by atoms with Gasteiger partial charge < -0.3 is 0 Å². The quantitative estimate of drug-likeness (QED) is 0.355. The molecule has 3 aromatic rings. The fourth-order valence-electron chi connectivity index (χ4n) is 2.91. The van der Waals surface area contributed by atoms with E-state index in [0.29, 0.717) is 5.92 Å². The molecule has 0 bridgehead atoms. The van der Waals surface area contributed by atoms with Crippen LogP contribution < -0.4 is 0 Å². The summed E-state index contributed by atoms with van der Waals surface area (Å²) in [5.41, 5.74) is 2.78. The highest BCUT2D eigenvalue weighted by atomic mass is 127. The van der Waals surface area contributed by atoms with E-state index in [4.69, 9.17) is 0 Å². The van der Waals surface area contributed by atoms with Gasteiger partial charge in [0.2, 0.25) is 0 Å². The number of hydrogen-bond donors (Lipinski definition) is 0. The van der Waals surface area contributed by atoms with Crippen LogP contribution in [0.3, 0.4) is 0 Å². The lowest BCUT2D eigenvalue weighted by Crippen LogP contribution is -1.94. The van der Waals surface area contributed by atoms with Crippen molar-refractivity contribution in [2.75, 3.05) is 0 Å². The average molecular weight is 372 g/mol. The zero-order valence-corrected chi connectivity index (χ0v) is 13.9. The largest absolute Gasteiger partial charge is 0.0616 e. The van der Waals surface area contributed by atoms with Crippen LogP contribution in [-0.4, -0.2) is 0 Å². The van der Waals surface area contributed by atoms with E-state index in [9.17, 15) is 0 Å². The van der Waals surface area contributed by atoms with Gasteiger partial charge in [0.05, 0.1) is 0 Å². The summed E-state index contributed by atoms with van der Waals surface area (Å²) in [6.07, 6.45) is 2.20. The highest BCUT2D eigenvalue weighted by molar-refractivity contribution is 14.1. The van der Waals surface area contributed by atoms with Crippen LogP contribution in [0.4, 0.5) is 0 Å². The summed E-state index contributed by atoms with van der Waals surface area (Å²) in [6.45, 7) is 4.54. The minimum Gasteiger partial charge on any atom is -0.0616 e. The summed E-state index contributed by atoms with van der Waals surface area (Å²) < 4.78 is 2.09. The minimum absolute atomic E-state index is 0.516. The Kier molecular flexibility index (Phi) is 3.79. The van der Waals surface area contributed by atoms with Crippen molar-refractivity contribution in [2.24, 2.45) is 0 Å². The van der Waals surface area contributed by atoms with Gasteiger partial charge in [-0.05, 0) is 60.9 Å². The third-order valence-corrected chi connectivity index (χ3v) is 4.14. The van der Waals surface area contributed by atoms with E-state index in [0.717, 1.165) is 0 Å². The van der Waals surface area contributed by atoms with Crippen molar-refractivity contribution in [3.63, 3.8) is 0 Å². The van der Waals surface area contributed by atoms with Gasteiger partial charge in [0.25, 0.3) is 0 Å². The molecule has 20 heavy (non-hydrogen) atoms. The summed E-state index contributed by atoms with van der Waals surface area (Å²) in [5, 5.41) is 5.34. The van der Waals surface area contributed by atoms with Crippen LogP contribution in [0, 0.1) is 0 Å². The molecule has 0 amide bonds. The number of fused-ring (bicyclic) bond motifs is 2. The number of benzene rings is 3. The molecule has 0 radical (unpaired) electrons. The Balaban J connectivity index is 2.42. The van der Waals surface area contributed by atoms with Crippen molar-refractivity contribution in [3.8, 4) is 0 Å². The maximum atomic E-state index is 2.34. The van der Waals surface area contributed by atoms with E-state index in [1.807, 2.05) is 0 Å². The fraction of sp³-hybridized carbons (Fsp3) is 0.158. The van der Waals surface area contributed by atoms with Gasteiger partial charge in [-0.15, -0.1) is 0 Å². The van der Waals surface area contributed by atoms with E-state index in [2.05, 4.69) is 95.1 Å². The van der Waals surface area contributed by atoms with E-state index in [1.165, 1.54) is 32.7 Å². The number of halogens is 1. The zero-order valence-electron chi connectivity index (χ0n) is 11.7. The van der Waals surface area contributed by atoms with Crippen molar-refractivity contribution in [2.45, 2.75) is 19.8 Å². The average Bonchev–Trinajstić information content (AvgIpc) is 2.45. The first kappa shape index (κ1) is 13.6. The molecule has 0 N–H and O–H groups in total. The van der Waals surface area contributed by atoms with Crippen LogP contribution in [0.1, 0.15) is 30.9 Å². The third kappa shape index (κ3) is 2.35. The van der Waals surface area contributed by atoms with Crippen LogP contribution in [0.2, 0.25) is 0 Å². The van der Waals surface area contributed by atoms with Crippen LogP contribution >= 0.6 is 22.6 Å². The topological polar surface area (TPSA) is 0 Å². The number of rotatable bonds is 2. The third-order valence-electron chi connectivity index (χ3n) is 3.78. The smallest absolute Gasteiger partial charge is 0.0137 e.